The third-order valence-corrected chi connectivity index (χ3v) is 6.47. The van der Waals surface area contributed by atoms with Gasteiger partial charge in [-0.2, -0.15) is 0 Å². The van der Waals surface area contributed by atoms with Crippen molar-refractivity contribution in [3.8, 4) is 0 Å². The number of fused-ring (bicyclic) bond motifs is 1. The van der Waals surface area contributed by atoms with Gasteiger partial charge in [0, 0.05) is 5.92 Å². The predicted octanol–water partition coefficient (Wildman–Crippen LogP) is -1.39. The third-order valence-electron chi connectivity index (χ3n) is 6.47. The summed E-state index contributed by atoms with van der Waals surface area (Å²) in [7, 11) is 1.17. The number of methoxy groups -OCH3 is 1. The van der Waals surface area contributed by atoms with Crippen LogP contribution in [0, 0.1) is 11.8 Å². The molecule has 4 rings (SSSR count). The van der Waals surface area contributed by atoms with E-state index in [0.717, 1.165) is 6.26 Å². The molecular weight excluding hydrogens is 480 g/mol. The van der Waals surface area contributed by atoms with E-state index in [1.54, 1.807) is 30.3 Å². The largest absolute Gasteiger partial charge is 0.471 e. The van der Waals surface area contributed by atoms with Crippen molar-refractivity contribution in [2.24, 2.45) is 11.8 Å². The second-order valence-corrected chi connectivity index (χ2v) is 8.63. The molecule has 36 heavy (non-hydrogen) atoms. The van der Waals surface area contributed by atoms with Crippen molar-refractivity contribution < 1.29 is 58.8 Å². The highest BCUT2D eigenvalue weighted by Gasteiger charge is 2.52. The molecule has 3 aliphatic rings. The molecule has 12 nitrogen and oxygen atoms in total. The average molecular weight is 508 g/mol. The lowest BCUT2D eigenvalue weighted by molar-refractivity contribution is -0.340. The van der Waals surface area contributed by atoms with Gasteiger partial charge in [-0.1, -0.05) is 24.3 Å². The monoisotopic (exact) mass is 508 g/mol. The molecule has 2 heterocycles. The molecule has 2 aliphatic heterocycles. The fourth-order valence-corrected chi connectivity index (χ4v) is 4.58. The summed E-state index contributed by atoms with van der Waals surface area (Å²) in [6.45, 7) is -0.924. The molecule has 0 aromatic heterocycles. The van der Waals surface area contributed by atoms with E-state index in [2.05, 4.69) is 0 Å². The Morgan fingerprint density at radius 2 is 1.67 bits per heavy atom. The van der Waals surface area contributed by atoms with Gasteiger partial charge in [0.1, 0.15) is 31.0 Å². The van der Waals surface area contributed by atoms with Crippen molar-refractivity contribution in [1.29, 1.82) is 0 Å². The minimum atomic E-state index is -1.70. The van der Waals surface area contributed by atoms with Gasteiger partial charge in [0.05, 0.1) is 43.1 Å². The van der Waals surface area contributed by atoms with Crippen LogP contribution in [-0.4, -0.2) is 101 Å². The molecule has 1 aliphatic carbocycles. The number of rotatable bonds is 7. The second kappa shape index (κ2) is 11.0. The minimum absolute atomic E-state index is 0.0179. The molecule has 1 aromatic carbocycles. The summed E-state index contributed by atoms with van der Waals surface area (Å²) in [5, 5.41) is 50.7. The van der Waals surface area contributed by atoms with Crippen molar-refractivity contribution in [1.82, 2.24) is 0 Å². The van der Waals surface area contributed by atoms with Gasteiger partial charge >= 0.3 is 11.9 Å². The highest BCUT2D eigenvalue weighted by atomic mass is 16.8. The van der Waals surface area contributed by atoms with Crippen LogP contribution in [0.3, 0.4) is 0 Å². The van der Waals surface area contributed by atoms with Crippen LogP contribution < -0.4 is 0 Å². The van der Waals surface area contributed by atoms with Crippen molar-refractivity contribution in [2.45, 2.75) is 43.1 Å². The number of aliphatic hydroxyl groups is 5. The Morgan fingerprint density at radius 1 is 0.944 bits per heavy atom. The molecule has 12 heteroatoms. The molecule has 9 atom stereocenters. The number of hydrogen-bond acceptors (Lipinski definition) is 12. The van der Waals surface area contributed by atoms with E-state index in [1.165, 1.54) is 13.2 Å². The van der Waals surface area contributed by atoms with E-state index in [4.69, 9.17) is 23.7 Å². The topological polar surface area (TPSA) is 181 Å². The Kier molecular flexibility index (Phi) is 8.05. The summed E-state index contributed by atoms with van der Waals surface area (Å²) in [6.07, 6.45) is -7.70. The van der Waals surface area contributed by atoms with Crippen LogP contribution in [0.1, 0.15) is 10.4 Å². The summed E-state index contributed by atoms with van der Waals surface area (Å²) in [4.78, 5) is 24.8. The molecule has 0 amide bonds. The van der Waals surface area contributed by atoms with Gasteiger partial charge in [0.15, 0.2) is 6.29 Å². The number of hydrogen-bond donors (Lipinski definition) is 5. The van der Waals surface area contributed by atoms with Gasteiger partial charge in [0.25, 0.3) is 0 Å². The van der Waals surface area contributed by atoms with Crippen LogP contribution in [0.2, 0.25) is 0 Å². The van der Waals surface area contributed by atoms with E-state index in [9.17, 15) is 35.1 Å². The van der Waals surface area contributed by atoms with Crippen LogP contribution in [0.15, 0.2) is 53.8 Å². The van der Waals surface area contributed by atoms with Crippen LogP contribution >= 0.6 is 0 Å². The Balaban J connectivity index is 1.56. The fraction of sp³-hybridized carbons (Fsp3) is 0.500. The number of benzene rings is 1. The Labute approximate surface area is 205 Å². The van der Waals surface area contributed by atoms with Gasteiger partial charge in [-0.3, -0.25) is 0 Å². The van der Waals surface area contributed by atoms with Crippen molar-refractivity contribution >= 4 is 11.9 Å². The molecule has 1 aromatic rings. The first-order valence-corrected chi connectivity index (χ1v) is 11.3. The summed E-state index contributed by atoms with van der Waals surface area (Å²) in [5.41, 5.74) is 0.711. The lowest BCUT2D eigenvalue weighted by Gasteiger charge is -2.43. The predicted molar refractivity (Wildman–Crippen MR) is 118 cm³/mol. The Hall–Kier alpha value is -2.84. The lowest BCUT2D eigenvalue weighted by atomic mass is 9.82. The zero-order valence-corrected chi connectivity index (χ0v) is 19.2. The standard InChI is InChI=1S/C24H28O12/c1-32-22(31)13-10-34-23(36-24-20(29)19(28)18(27)15(8-25)35-24)16-12(7-14(26)17(13)16)9-33-21(30)11-5-3-2-4-6-11/h2-7,10,14-20,23-29H,8-9H2,1H3/t14-,15+,16+,17-,18+,19-,20+,23?,24-/m0/s1. The normalized spacial score (nSPS) is 35.7. The van der Waals surface area contributed by atoms with Crippen LogP contribution in [0.4, 0.5) is 0 Å². The van der Waals surface area contributed by atoms with E-state index >= 15 is 0 Å². The van der Waals surface area contributed by atoms with Crippen LogP contribution in [0.5, 0.6) is 0 Å². The maximum absolute atomic E-state index is 12.5. The second-order valence-electron chi connectivity index (χ2n) is 8.63. The quantitative estimate of drug-likeness (QED) is 0.215. The zero-order valence-electron chi connectivity index (χ0n) is 19.2. The Morgan fingerprint density at radius 3 is 2.33 bits per heavy atom. The molecule has 0 saturated carbocycles. The third kappa shape index (κ3) is 5.02. The molecule has 0 spiro atoms. The summed E-state index contributed by atoms with van der Waals surface area (Å²) in [5.74, 6) is -3.13. The molecular formula is C24H28O12. The molecule has 5 N–H and O–H groups in total. The summed E-state index contributed by atoms with van der Waals surface area (Å²) >= 11 is 0. The van der Waals surface area contributed by atoms with E-state index in [-0.39, 0.29) is 12.2 Å². The van der Waals surface area contributed by atoms with E-state index in [1.807, 2.05) is 0 Å². The maximum atomic E-state index is 12.5. The molecule has 196 valence electrons. The van der Waals surface area contributed by atoms with E-state index in [0.29, 0.717) is 11.1 Å². The highest BCUT2D eigenvalue weighted by molar-refractivity contribution is 5.90. The number of carbonyl (C=O) groups is 2. The van der Waals surface area contributed by atoms with Crippen LogP contribution in [-0.2, 0) is 28.5 Å². The number of esters is 2. The Bertz CT molecular complexity index is 1010. The van der Waals surface area contributed by atoms with Gasteiger partial charge in [-0.25, -0.2) is 9.59 Å². The van der Waals surface area contributed by atoms with Gasteiger partial charge in [0.2, 0.25) is 6.29 Å². The summed E-state index contributed by atoms with van der Waals surface area (Å²) < 4.78 is 27.0. The minimum Gasteiger partial charge on any atom is -0.471 e. The molecule has 0 bridgehead atoms. The first-order chi connectivity index (χ1) is 17.3. The molecule has 0 radical (unpaired) electrons. The SMILES string of the molecule is COC(=O)C1=COC(O[C@@H]2O[C@H](CO)[C@@H](O)[C@H](O)[C@H]2O)[C@@H]2C(COC(=O)c3ccccc3)=C[C@H](O)[C@H]12. The number of aliphatic hydroxyl groups excluding tert-OH is 5. The fourth-order valence-electron chi connectivity index (χ4n) is 4.58. The lowest BCUT2D eigenvalue weighted by Crippen LogP contribution is -2.60. The van der Waals surface area contributed by atoms with Crippen molar-refractivity contribution in [3.63, 3.8) is 0 Å². The average Bonchev–Trinajstić information content (AvgIpc) is 3.24. The molecule has 1 fully saturated rings. The van der Waals surface area contributed by atoms with Gasteiger partial charge in [-0.15, -0.1) is 0 Å². The zero-order chi connectivity index (χ0) is 26.0. The van der Waals surface area contributed by atoms with E-state index < -0.39 is 73.5 Å². The van der Waals surface area contributed by atoms with Crippen molar-refractivity contribution in [2.75, 3.05) is 20.3 Å². The molecule has 1 saturated heterocycles. The maximum Gasteiger partial charge on any atom is 0.338 e. The highest BCUT2D eigenvalue weighted by Crippen LogP contribution is 2.45. The molecule has 1 unspecified atom stereocenters. The summed E-state index contributed by atoms with van der Waals surface area (Å²) in [6, 6.07) is 8.26. The van der Waals surface area contributed by atoms with Crippen molar-refractivity contribution in [3.05, 3.63) is 59.4 Å². The first-order valence-electron chi connectivity index (χ1n) is 11.3. The van der Waals surface area contributed by atoms with Gasteiger partial charge < -0.3 is 49.2 Å². The van der Waals surface area contributed by atoms with Crippen LogP contribution in [0.25, 0.3) is 0 Å². The first kappa shape index (κ1) is 26.2. The number of ether oxygens (including phenoxy) is 5. The number of carbonyl (C=O) groups excluding carboxylic acids is 2. The smallest absolute Gasteiger partial charge is 0.338 e. The van der Waals surface area contributed by atoms with Gasteiger partial charge in [-0.05, 0) is 17.7 Å².